The van der Waals surface area contributed by atoms with Gasteiger partial charge in [0.15, 0.2) is 5.82 Å². The van der Waals surface area contributed by atoms with Crippen LogP contribution in [0.25, 0.3) is 11.4 Å². The van der Waals surface area contributed by atoms with Gasteiger partial charge < -0.3 is 4.74 Å². The quantitative estimate of drug-likeness (QED) is 0.740. The second-order valence-corrected chi connectivity index (χ2v) is 3.34. The minimum absolute atomic E-state index is 0.0632. The summed E-state index contributed by atoms with van der Waals surface area (Å²) in [5.74, 6) is 0.132. The molecule has 0 fully saturated rings. The van der Waals surface area contributed by atoms with Gasteiger partial charge in [-0.3, -0.25) is 4.98 Å². The number of carbonyl (C=O) groups excluding carboxylic acids is 1. The molecular weight excluding hydrogens is 220 g/mol. The number of ether oxygens (including phenoxy) is 1. The fourth-order valence-corrected chi connectivity index (χ4v) is 1.41. The number of hydrogen-bond donors (Lipinski definition) is 0. The Balaban J connectivity index is 2.35. The predicted molar refractivity (Wildman–Crippen MR) is 60.2 cm³/mol. The minimum Gasteiger partial charge on any atom is -0.460 e. The maximum absolute atomic E-state index is 11.5. The Morgan fingerprint density at radius 2 is 2.35 bits per heavy atom. The molecule has 0 aliphatic rings. The Labute approximate surface area is 98.3 Å². The molecule has 17 heavy (non-hydrogen) atoms. The van der Waals surface area contributed by atoms with Gasteiger partial charge in [0.05, 0.1) is 6.61 Å². The van der Waals surface area contributed by atoms with E-state index in [1.54, 1.807) is 32.4 Å². The van der Waals surface area contributed by atoms with Crippen LogP contribution < -0.4 is 0 Å². The van der Waals surface area contributed by atoms with Gasteiger partial charge in [0.25, 0.3) is 5.82 Å². The van der Waals surface area contributed by atoms with Gasteiger partial charge >= 0.3 is 5.97 Å². The Morgan fingerprint density at radius 3 is 3.00 bits per heavy atom. The zero-order valence-corrected chi connectivity index (χ0v) is 9.62. The normalized spacial score (nSPS) is 10.2. The molecule has 6 nitrogen and oxygen atoms in total. The van der Waals surface area contributed by atoms with Crippen molar-refractivity contribution in [1.82, 2.24) is 19.7 Å². The fourth-order valence-electron chi connectivity index (χ4n) is 1.41. The van der Waals surface area contributed by atoms with Crippen LogP contribution in [0.2, 0.25) is 0 Å². The van der Waals surface area contributed by atoms with E-state index in [2.05, 4.69) is 15.1 Å². The second kappa shape index (κ2) is 4.73. The van der Waals surface area contributed by atoms with Gasteiger partial charge in [0, 0.05) is 25.0 Å². The average molecular weight is 232 g/mol. The largest absolute Gasteiger partial charge is 0.460 e. The molecule has 0 N–H and O–H groups in total. The van der Waals surface area contributed by atoms with E-state index in [-0.39, 0.29) is 5.82 Å². The third kappa shape index (κ3) is 2.30. The lowest BCUT2D eigenvalue weighted by Gasteiger charge is -1.97. The third-order valence-electron chi connectivity index (χ3n) is 2.14. The van der Waals surface area contributed by atoms with Crippen LogP contribution in [0.5, 0.6) is 0 Å². The number of esters is 1. The van der Waals surface area contributed by atoms with Crippen LogP contribution in [0.1, 0.15) is 17.5 Å². The summed E-state index contributed by atoms with van der Waals surface area (Å²) in [6.45, 7) is 2.04. The first-order chi connectivity index (χ1) is 8.22. The molecule has 2 aromatic rings. The molecule has 0 saturated heterocycles. The SMILES string of the molecule is CCOC(=O)c1nc(-c2cccnc2)n(C)n1. The highest BCUT2D eigenvalue weighted by atomic mass is 16.5. The molecule has 0 amide bonds. The van der Waals surface area contributed by atoms with Crippen LogP contribution in [0.15, 0.2) is 24.5 Å². The van der Waals surface area contributed by atoms with Crippen molar-refractivity contribution >= 4 is 5.97 Å². The van der Waals surface area contributed by atoms with Crippen molar-refractivity contribution in [1.29, 1.82) is 0 Å². The molecule has 2 aromatic heterocycles. The van der Waals surface area contributed by atoms with Gasteiger partial charge in [-0.2, -0.15) is 0 Å². The maximum Gasteiger partial charge on any atom is 0.378 e. The molecule has 0 radical (unpaired) electrons. The minimum atomic E-state index is -0.516. The summed E-state index contributed by atoms with van der Waals surface area (Å²) in [7, 11) is 1.72. The van der Waals surface area contributed by atoms with Crippen LogP contribution >= 0.6 is 0 Å². The molecule has 0 unspecified atom stereocenters. The molecule has 0 bridgehead atoms. The second-order valence-electron chi connectivity index (χ2n) is 3.34. The molecule has 0 spiro atoms. The zero-order valence-electron chi connectivity index (χ0n) is 9.62. The monoisotopic (exact) mass is 232 g/mol. The van der Waals surface area contributed by atoms with E-state index in [9.17, 15) is 4.79 Å². The van der Waals surface area contributed by atoms with Gasteiger partial charge in [-0.15, -0.1) is 5.10 Å². The summed E-state index contributed by atoms with van der Waals surface area (Å²) in [5, 5.41) is 4.01. The van der Waals surface area contributed by atoms with Crippen LogP contribution in [0.3, 0.4) is 0 Å². The van der Waals surface area contributed by atoms with E-state index in [4.69, 9.17) is 4.74 Å². The van der Waals surface area contributed by atoms with Crippen molar-refractivity contribution in [2.24, 2.45) is 7.05 Å². The first-order valence-corrected chi connectivity index (χ1v) is 5.21. The lowest BCUT2D eigenvalue weighted by atomic mass is 10.3. The number of aromatic nitrogens is 4. The predicted octanol–water partition coefficient (Wildman–Crippen LogP) is 1.05. The summed E-state index contributed by atoms with van der Waals surface area (Å²) in [5.41, 5.74) is 0.804. The van der Waals surface area contributed by atoms with Crippen molar-refractivity contribution < 1.29 is 9.53 Å². The van der Waals surface area contributed by atoms with Crippen LogP contribution in [0, 0.1) is 0 Å². The van der Waals surface area contributed by atoms with Gasteiger partial charge in [0.2, 0.25) is 0 Å². The van der Waals surface area contributed by atoms with E-state index in [0.717, 1.165) is 5.56 Å². The Morgan fingerprint density at radius 1 is 1.53 bits per heavy atom. The van der Waals surface area contributed by atoms with E-state index < -0.39 is 5.97 Å². The molecule has 6 heteroatoms. The Hall–Kier alpha value is -2.24. The van der Waals surface area contributed by atoms with E-state index in [0.29, 0.717) is 12.4 Å². The highest BCUT2D eigenvalue weighted by Crippen LogP contribution is 2.14. The number of nitrogens with zero attached hydrogens (tertiary/aromatic N) is 4. The average Bonchev–Trinajstić information content (AvgIpc) is 2.73. The van der Waals surface area contributed by atoms with E-state index in [1.165, 1.54) is 4.68 Å². The van der Waals surface area contributed by atoms with Crippen molar-refractivity contribution in [3.8, 4) is 11.4 Å². The fraction of sp³-hybridized carbons (Fsp3) is 0.273. The van der Waals surface area contributed by atoms with E-state index in [1.807, 2.05) is 6.07 Å². The number of pyridine rings is 1. The molecule has 0 aliphatic heterocycles. The molecule has 0 atom stereocenters. The first kappa shape index (κ1) is 11.3. The third-order valence-corrected chi connectivity index (χ3v) is 2.14. The Bertz CT molecular complexity index is 522. The molecular formula is C11H12N4O2. The first-order valence-electron chi connectivity index (χ1n) is 5.21. The Kier molecular flexibility index (Phi) is 3.13. The lowest BCUT2D eigenvalue weighted by Crippen LogP contribution is -2.07. The topological polar surface area (TPSA) is 69.9 Å². The number of rotatable bonds is 3. The van der Waals surface area contributed by atoms with Crippen molar-refractivity contribution in [2.45, 2.75) is 6.92 Å². The van der Waals surface area contributed by atoms with Gasteiger partial charge in [-0.25, -0.2) is 14.5 Å². The van der Waals surface area contributed by atoms with Crippen molar-refractivity contribution in [3.05, 3.63) is 30.4 Å². The molecule has 2 heterocycles. The maximum atomic E-state index is 11.5. The summed E-state index contributed by atoms with van der Waals surface area (Å²) in [6.07, 6.45) is 3.34. The molecule has 0 aliphatic carbocycles. The number of aryl methyl sites for hydroxylation is 1. The van der Waals surface area contributed by atoms with Gasteiger partial charge in [0.1, 0.15) is 0 Å². The summed E-state index contributed by atoms with van der Waals surface area (Å²) >= 11 is 0. The van der Waals surface area contributed by atoms with Gasteiger partial charge in [-0.1, -0.05) is 0 Å². The van der Waals surface area contributed by atoms with Crippen LogP contribution in [0.4, 0.5) is 0 Å². The van der Waals surface area contributed by atoms with Crippen LogP contribution in [-0.4, -0.2) is 32.3 Å². The van der Waals surface area contributed by atoms with Gasteiger partial charge in [-0.05, 0) is 19.1 Å². The number of carbonyl (C=O) groups is 1. The molecule has 0 aromatic carbocycles. The van der Waals surface area contributed by atoms with E-state index >= 15 is 0 Å². The summed E-state index contributed by atoms with van der Waals surface area (Å²) in [4.78, 5) is 19.6. The highest BCUT2D eigenvalue weighted by molar-refractivity contribution is 5.85. The lowest BCUT2D eigenvalue weighted by molar-refractivity contribution is 0.0512. The molecule has 88 valence electrons. The molecule has 2 rings (SSSR count). The zero-order chi connectivity index (χ0) is 12.3. The highest BCUT2D eigenvalue weighted by Gasteiger charge is 2.16. The summed E-state index contributed by atoms with van der Waals surface area (Å²) < 4.78 is 6.37. The smallest absolute Gasteiger partial charge is 0.378 e. The number of hydrogen-bond acceptors (Lipinski definition) is 5. The van der Waals surface area contributed by atoms with Crippen molar-refractivity contribution in [2.75, 3.05) is 6.61 Å². The van der Waals surface area contributed by atoms with Crippen molar-refractivity contribution in [3.63, 3.8) is 0 Å². The summed E-state index contributed by atoms with van der Waals surface area (Å²) in [6, 6.07) is 3.65. The molecule has 0 saturated carbocycles. The van der Waals surface area contributed by atoms with Crippen LogP contribution in [-0.2, 0) is 11.8 Å². The standard InChI is InChI=1S/C11H12N4O2/c1-3-17-11(16)9-13-10(15(2)14-9)8-5-4-6-12-7-8/h4-7H,3H2,1-2H3.